The molecule has 142 valence electrons. The fraction of sp³-hybridized carbons (Fsp3) is 0.529. The van der Waals surface area contributed by atoms with E-state index < -0.39 is 6.04 Å². The number of hydrogen-bond donors (Lipinski definition) is 1. The molecule has 1 aliphatic carbocycles. The van der Waals surface area contributed by atoms with Crippen LogP contribution in [-0.2, 0) is 9.53 Å². The predicted molar refractivity (Wildman–Crippen MR) is 96.9 cm³/mol. The maximum absolute atomic E-state index is 12.7. The van der Waals surface area contributed by atoms with Crippen molar-refractivity contribution in [1.82, 2.24) is 15.2 Å². The molecular weight excluding hydrogens is 360 g/mol. The van der Waals surface area contributed by atoms with E-state index in [1.54, 1.807) is 37.1 Å². The molecule has 1 aromatic heterocycles. The first-order valence-corrected chi connectivity index (χ1v) is 8.41. The average Bonchev–Trinajstić information content (AvgIpc) is 3.08. The Hall–Kier alpha value is -2.19. The molecule has 1 fully saturated rings. The van der Waals surface area contributed by atoms with Gasteiger partial charge in [-0.2, -0.15) is 0 Å². The number of nitrogens with two attached hydrogens (primary N) is 1. The molecule has 0 spiro atoms. The lowest BCUT2D eigenvalue weighted by molar-refractivity contribution is -0.152. The molecule has 9 heteroatoms. The molecule has 3 rings (SSSR count). The Morgan fingerprint density at radius 3 is 2.54 bits per heavy atom. The topological polar surface area (TPSA) is 112 Å². The summed E-state index contributed by atoms with van der Waals surface area (Å²) in [6.45, 7) is 1.61. The van der Waals surface area contributed by atoms with Crippen molar-refractivity contribution >= 4 is 35.3 Å². The maximum Gasteiger partial charge on any atom is 0.322 e. The normalized spacial score (nSPS) is 20.9. The summed E-state index contributed by atoms with van der Waals surface area (Å²) in [5, 5.41) is 7.51. The molecule has 2 N–H and O–H groups in total. The summed E-state index contributed by atoms with van der Waals surface area (Å²) in [5.41, 5.74) is 7.25. The van der Waals surface area contributed by atoms with Crippen LogP contribution in [0.25, 0.3) is 11.0 Å². The summed E-state index contributed by atoms with van der Waals surface area (Å²) in [6, 6.07) is 4.63. The van der Waals surface area contributed by atoms with Crippen LogP contribution in [0.4, 0.5) is 0 Å². The summed E-state index contributed by atoms with van der Waals surface area (Å²) >= 11 is 0. The highest BCUT2D eigenvalue weighted by Crippen LogP contribution is 2.26. The molecule has 0 bridgehead atoms. The molecule has 8 nitrogen and oxygen atoms in total. The minimum absolute atomic E-state index is 0. The Morgan fingerprint density at radius 2 is 1.88 bits per heavy atom. The first kappa shape index (κ1) is 20.1. The predicted octanol–water partition coefficient (Wildman–Crippen LogP) is 1.92. The van der Waals surface area contributed by atoms with Crippen LogP contribution < -0.4 is 5.73 Å². The Morgan fingerprint density at radius 1 is 1.23 bits per heavy atom. The molecule has 2 aromatic rings. The number of carbonyl (C=O) groups excluding carboxylic acids is 2. The SMILES string of the molecule is C[C@H](N)C(=O)OC1CCC(N(C)C(=O)c2ccc3nonc3c2)CC1.Cl. The summed E-state index contributed by atoms with van der Waals surface area (Å²) in [4.78, 5) is 26.0. The summed E-state index contributed by atoms with van der Waals surface area (Å²) in [7, 11) is 1.80. The van der Waals surface area contributed by atoms with Gasteiger partial charge in [-0.1, -0.05) is 0 Å². The number of fused-ring (bicyclic) bond motifs is 1. The number of carbonyl (C=O) groups is 2. The van der Waals surface area contributed by atoms with Gasteiger partial charge in [-0.25, -0.2) is 4.63 Å². The fourth-order valence-electron chi connectivity index (χ4n) is 3.11. The van der Waals surface area contributed by atoms with Crippen molar-refractivity contribution in [2.24, 2.45) is 5.73 Å². The quantitative estimate of drug-likeness (QED) is 0.804. The van der Waals surface area contributed by atoms with Gasteiger partial charge in [0.15, 0.2) is 0 Å². The third-order valence-corrected chi connectivity index (χ3v) is 4.67. The van der Waals surface area contributed by atoms with E-state index in [1.165, 1.54) is 0 Å². The van der Waals surface area contributed by atoms with Crippen LogP contribution in [0, 0.1) is 0 Å². The molecule has 1 amide bonds. The van der Waals surface area contributed by atoms with Gasteiger partial charge in [0.25, 0.3) is 5.91 Å². The highest BCUT2D eigenvalue weighted by Gasteiger charge is 2.29. The zero-order valence-electron chi connectivity index (χ0n) is 14.8. The van der Waals surface area contributed by atoms with Gasteiger partial charge in [0.2, 0.25) is 0 Å². The molecule has 0 saturated heterocycles. The first-order chi connectivity index (χ1) is 12.0. The molecule has 1 aliphatic rings. The van der Waals surface area contributed by atoms with Crippen molar-refractivity contribution in [3.05, 3.63) is 23.8 Å². The van der Waals surface area contributed by atoms with Crippen molar-refractivity contribution in [3.63, 3.8) is 0 Å². The van der Waals surface area contributed by atoms with Crippen LogP contribution in [0.1, 0.15) is 43.0 Å². The zero-order chi connectivity index (χ0) is 18.0. The second-order valence-electron chi connectivity index (χ2n) is 6.54. The van der Waals surface area contributed by atoms with Crippen LogP contribution >= 0.6 is 12.4 Å². The lowest BCUT2D eigenvalue weighted by Crippen LogP contribution is -2.42. The summed E-state index contributed by atoms with van der Waals surface area (Å²) < 4.78 is 10.0. The lowest BCUT2D eigenvalue weighted by Gasteiger charge is -2.34. The van der Waals surface area contributed by atoms with E-state index in [0.29, 0.717) is 16.6 Å². The number of benzene rings is 1. The van der Waals surface area contributed by atoms with Crippen LogP contribution in [0.5, 0.6) is 0 Å². The van der Waals surface area contributed by atoms with Crippen LogP contribution in [0.2, 0.25) is 0 Å². The molecule has 1 saturated carbocycles. The third-order valence-electron chi connectivity index (χ3n) is 4.67. The number of ether oxygens (including phenoxy) is 1. The Balaban J connectivity index is 0.00000243. The molecule has 0 unspecified atom stereocenters. The summed E-state index contributed by atoms with van der Waals surface area (Å²) in [5.74, 6) is -0.441. The molecular formula is C17H23ClN4O4. The van der Waals surface area contributed by atoms with E-state index in [0.717, 1.165) is 25.7 Å². The number of amides is 1. The smallest absolute Gasteiger partial charge is 0.322 e. The summed E-state index contributed by atoms with van der Waals surface area (Å²) in [6.07, 6.45) is 2.91. The maximum atomic E-state index is 12.7. The van der Waals surface area contributed by atoms with Gasteiger partial charge in [0.1, 0.15) is 23.2 Å². The number of esters is 1. The van der Waals surface area contributed by atoms with Gasteiger partial charge in [0, 0.05) is 18.7 Å². The van der Waals surface area contributed by atoms with E-state index in [1.807, 2.05) is 0 Å². The van der Waals surface area contributed by atoms with E-state index in [-0.39, 0.29) is 36.4 Å². The highest BCUT2D eigenvalue weighted by molar-refractivity contribution is 5.97. The van der Waals surface area contributed by atoms with Crippen molar-refractivity contribution in [2.45, 2.75) is 50.8 Å². The zero-order valence-corrected chi connectivity index (χ0v) is 15.6. The Labute approximate surface area is 157 Å². The van der Waals surface area contributed by atoms with Gasteiger partial charge in [-0.3, -0.25) is 9.59 Å². The minimum atomic E-state index is -0.608. The first-order valence-electron chi connectivity index (χ1n) is 8.41. The Bertz CT molecular complexity index is 771. The van der Waals surface area contributed by atoms with Crippen molar-refractivity contribution in [1.29, 1.82) is 0 Å². The van der Waals surface area contributed by atoms with E-state index in [9.17, 15) is 9.59 Å². The molecule has 1 heterocycles. The average molecular weight is 383 g/mol. The highest BCUT2D eigenvalue weighted by atomic mass is 35.5. The standard InChI is InChI=1S/C17H22N4O4.ClH/c1-10(18)17(23)24-13-6-4-12(5-7-13)21(2)16(22)11-3-8-14-15(9-11)20-25-19-14;/h3,8-10,12-13H,4-7,18H2,1-2H3;1H/t10-,12?,13?;/m0./s1. The van der Waals surface area contributed by atoms with Gasteiger partial charge >= 0.3 is 5.97 Å². The van der Waals surface area contributed by atoms with Gasteiger partial charge < -0.3 is 15.4 Å². The van der Waals surface area contributed by atoms with Crippen molar-refractivity contribution in [3.8, 4) is 0 Å². The minimum Gasteiger partial charge on any atom is -0.461 e. The molecule has 1 atom stereocenters. The van der Waals surface area contributed by atoms with Gasteiger partial charge in [-0.15, -0.1) is 12.4 Å². The molecule has 1 aromatic carbocycles. The van der Waals surface area contributed by atoms with E-state index in [4.69, 9.17) is 10.5 Å². The third kappa shape index (κ3) is 4.31. The second kappa shape index (κ2) is 8.46. The number of nitrogens with zero attached hydrogens (tertiary/aromatic N) is 3. The fourth-order valence-corrected chi connectivity index (χ4v) is 3.11. The van der Waals surface area contributed by atoms with Crippen LogP contribution in [0.15, 0.2) is 22.8 Å². The largest absolute Gasteiger partial charge is 0.461 e. The van der Waals surface area contributed by atoms with Crippen LogP contribution in [-0.4, -0.2) is 52.3 Å². The van der Waals surface area contributed by atoms with E-state index in [2.05, 4.69) is 14.9 Å². The van der Waals surface area contributed by atoms with Crippen LogP contribution in [0.3, 0.4) is 0 Å². The molecule has 26 heavy (non-hydrogen) atoms. The van der Waals surface area contributed by atoms with Gasteiger partial charge in [0.05, 0.1) is 0 Å². The number of aromatic nitrogens is 2. The van der Waals surface area contributed by atoms with E-state index >= 15 is 0 Å². The number of rotatable bonds is 4. The monoisotopic (exact) mass is 382 g/mol. The van der Waals surface area contributed by atoms with Crippen molar-refractivity contribution < 1.29 is 19.0 Å². The number of halogens is 1. The lowest BCUT2D eigenvalue weighted by atomic mass is 9.91. The van der Waals surface area contributed by atoms with Crippen molar-refractivity contribution in [2.75, 3.05) is 7.05 Å². The molecule has 0 aliphatic heterocycles. The van der Waals surface area contributed by atoms with Gasteiger partial charge in [-0.05, 0) is 61.1 Å². The molecule has 0 radical (unpaired) electrons. The second-order valence-corrected chi connectivity index (χ2v) is 6.54. The number of hydrogen-bond acceptors (Lipinski definition) is 7. The Kier molecular flexibility index (Phi) is 6.55.